The van der Waals surface area contributed by atoms with Crippen LogP contribution in [-0.2, 0) is 0 Å². The molecule has 1 heterocycles. The summed E-state index contributed by atoms with van der Waals surface area (Å²) in [4.78, 5) is 0. The molecule has 1 nitrogen and oxygen atoms in total. The first kappa shape index (κ1) is 11.5. The van der Waals surface area contributed by atoms with Crippen LogP contribution in [0.25, 0.3) is 0 Å². The van der Waals surface area contributed by atoms with Crippen molar-refractivity contribution < 1.29 is 4.74 Å². The summed E-state index contributed by atoms with van der Waals surface area (Å²) < 4.78 is 6.05. The lowest BCUT2D eigenvalue weighted by molar-refractivity contribution is 0.0703. The van der Waals surface area contributed by atoms with Gasteiger partial charge in [0.1, 0.15) is 11.4 Å². The molecule has 1 aliphatic rings. The molecule has 1 aromatic rings. The van der Waals surface area contributed by atoms with E-state index in [1.807, 2.05) is 0 Å². The molecule has 0 radical (unpaired) electrons. The quantitative estimate of drug-likeness (QED) is 0.713. The van der Waals surface area contributed by atoms with Crippen LogP contribution in [0.1, 0.15) is 57.1 Å². The van der Waals surface area contributed by atoms with Crippen molar-refractivity contribution in [2.75, 3.05) is 0 Å². The number of ether oxygens (including phenoxy) is 1. The summed E-state index contributed by atoms with van der Waals surface area (Å²) in [5.74, 6) is 1.77. The van der Waals surface area contributed by atoms with Gasteiger partial charge in [0.15, 0.2) is 0 Å². The summed E-state index contributed by atoms with van der Waals surface area (Å²) in [6.45, 7) is 8.80. The van der Waals surface area contributed by atoms with Crippen molar-refractivity contribution in [2.24, 2.45) is 0 Å². The van der Waals surface area contributed by atoms with E-state index in [0.717, 1.165) is 12.2 Å². The highest BCUT2D eigenvalue weighted by Gasteiger charge is 2.32. The fourth-order valence-electron chi connectivity index (χ4n) is 2.73. The molecule has 1 unspecified atom stereocenters. The average Bonchev–Trinajstić information content (AvgIpc) is 2.18. The van der Waals surface area contributed by atoms with Crippen LogP contribution in [-0.4, -0.2) is 5.60 Å². The first-order valence-corrected chi connectivity index (χ1v) is 6.31. The van der Waals surface area contributed by atoms with Gasteiger partial charge in [-0.05, 0) is 51.2 Å². The van der Waals surface area contributed by atoms with Crippen molar-refractivity contribution in [2.45, 2.75) is 58.5 Å². The number of fused-ring (bicyclic) bond motifs is 1. The van der Waals surface area contributed by atoms with Crippen molar-refractivity contribution in [3.05, 3.63) is 29.3 Å². The molecular weight excluding hydrogens is 196 g/mol. The Morgan fingerprint density at radius 2 is 2.12 bits per heavy atom. The molecule has 0 fully saturated rings. The van der Waals surface area contributed by atoms with Crippen LogP contribution in [0.4, 0.5) is 0 Å². The van der Waals surface area contributed by atoms with Crippen LogP contribution in [0.15, 0.2) is 18.2 Å². The van der Waals surface area contributed by atoms with Crippen LogP contribution in [0.3, 0.4) is 0 Å². The normalized spacial score (nSPS) is 22.4. The summed E-state index contributed by atoms with van der Waals surface area (Å²) >= 11 is 0. The van der Waals surface area contributed by atoms with Gasteiger partial charge >= 0.3 is 0 Å². The van der Waals surface area contributed by atoms with Gasteiger partial charge < -0.3 is 4.74 Å². The zero-order valence-electron chi connectivity index (χ0n) is 10.8. The summed E-state index contributed by atoms with van der Waals surface area (Å²) in [5, 5.41) is 0. The van der Waals surface area contributed by atoms with Crippen LogP contribution in [0, 0.1) is 6.92 Å². The molecule has 1 aromatic carbocycles. The molecule has 16 heavy (non-hydrogen) atoms. The molecular formula is C15H22O. The molecule has 1 atom stereocenters. The molecule has 0 aromatic heterocycles. The van der Waals surface area contributed by atoms with E-state index in [4.69, 9.17) is 4.74 Å². The number of hydrogen-bond acceptors (Lipinski definition) is 1. The van der Waals surface area contributed by atoms with Gasteiger partial charge in [-0.3, -0.25) is 0 Å². The standard InChI is InChI=1S/C15H22O/c1-5-6-12-10-15(3,4)16-14-8-7-11(2)9-13(12)14/h7-9,12H,5-6,10H2,1-4H3. The first-order valence-electron chi connectivity index (χ1n) is 6.31. The van der Waals surface area contributed by atoms with Gasteiger partial charge in [-0.2, -0.15) is 0 Å². The topological polar surface area (TPSA) is 9.23 Å². The second kappa shape index (κ2) is 4.12. The van der Waals surface area contributed by atoms with E-state index in [-0.39, 0.29) is 5.60 Å². The molecule has 0 N–H and O–H groups in total. The van der Waals surface area contributed by atoms with Gasteiger partial charge in [0, 0.05) is 0 Å². The van der Waals surface area contributed by atoms with Crippen LogP contribution < -0.4 is 4.74 Å². The van der Waals surface area contributed by atoms with Gasteiger partial charge in [-0.1, -0.05) is 31.0 Å². The minimum Gasteiger partial charge on any atom is -0.488 e. The monoisotopic (exact) mass is 218 g/mol. The van der Waals surface area contributed by atoms with Gasteiger partial charge in [0.25, 0.3) is 0 Å². The highest BCUT2D eigenvalue weighted by molar-refractivity contribution is 5.41. The molecule has 0 saturated heterocycles. The highest BCUT2D eigenvalue weighted by atomic mass is 16.5. The van der Waals surface area contributed by atoms with Gasteiger partial charge in [0.05, 0.1) is 0 Å². The Hall–Kier alpha value is -0.980. The van der Waals surface area contributed by atoms with Gasteiger partial charge in [-0.15, -0.1) is 0 Å². The number of rotatable bonds is 2. The molecule has 0 amide bonds. The fourth-order valence-corrected chi connectivity index (χ4v) is 2.73. The lowest BCUT2D eigenvalue weighted by atomic mass is 9.81. The van der Waals surface area contributed by atoms with E-state index in [1.54, 1.807) is 0 Å². The van der Waals surface area contributed by atoms with Crippen molar-refractivity contribution >= 4 is 0 Å². The molecule has 0 aliphatic carbocycles. The third-order valence-corrected chi connectivity index (χ3v) is 3.37. The molecule has 2 rings (SSSR count). The Bertz CT molecular complexity index is 379. The summed E-state index contributed by atoms with van der Waals surface area (Å²) in [7, 11) is 0. The molecule has 1 aliphatic heterocycles. The maximum Gasteiger partial charge on any atom is 0.123 e. The zero-order chi connectivity index (χ0) is 11.8. The maximum absolute atomic E-state index is 6.05. The predicted octanol–water partition coefficient (Wildman–Crippen LogP) is 4.44. The third kappa shape index (κ3) is 2.23. The second-order valence-electron chi connectivity index (χ2n) is 5.59. The van der Waals surface area contributed by atoms with Crippen LogP contribution >= 0.6 is 0 Å². The lowest BCUT2D eigenvalue weighted by Gasteiger charge is -2.38. The van der Waals surface area contributed by atoms with Crippen molar-refractivity contribution in [3.8, 4) is 5.75 Å². The molecule has 1 heteroatoms. The lowest BCUT2D eigenvalue weighted by Crippen LogP contribution is -2.34. The largest absolute Gasteiger partial charge is 0.488 e. The van der Waals surface area contributed by atoms with E-state index in [1.165, 1.54) is 24.0 Å². The summed E-state index contributed by atoms with van der Waals surface area (Å²) in [6, 6.07) is 6.57. The molecule has 88 valence electrons. The number of hydrogen-bond donors (Lipinski definition) is 0. The molecule has 0 spiro atoms. The van der Waals surface area contributed by atoms with Crippen LogP contribution in [0.2, 0.25) is 0 Å². The Kier molecular flexibility index (Phi) is 2.96. The SMILES string of the molecule is CCCC1CC(C)(C)Oc2ccc(C)cc21. The van der Waals surface area contributed by atoms with E-state index >= 15 is 0 Å². The average molecular weight is 218 g/mol. The van der Waals surface area contributed by atoms with Crippen molar-refractivity contribution in [1.29, 1.82) is 0 Å². The van der Waals surface area contributed by atoms with E-state index in [9.17, 15) is 0 Å². The first-order chi connectivity index (χ1) is 7.52. The second-order valence-corrected chi connectivity index (χ2v) is 5.59. The molecule has 0 saturated carbocycles. The Labute approximate surface area is 98.8 Å². The maximum atomic E-state index is 6.05. The Morgan fingerprint density at radius 1 is 1.38 bits per heavy atom. The predicted molar refractivity (Wildman–Crippen MR) is 68.2 cm³/mol. The van der Waals surface area contributed by atoms with Crippen molar-refractivity contribution in [3.63, 3.8) is 0 Å². The third-order valence-electron chi connectivity index (χ3n) is 3.37. The summed E-state index contributed by atoms with van der Waals surface area (Å²) in [5.41, 5.74) is 2.74. The van der Waals surface area contributed by atoms with Gasteiger partial charge in [0.2, 0.25) is 0 Å². The number of benzene rings is 1. The Morgan fingerprint density at radius 3 is 2.81 bits per heavy atom. The minimum atomic E-state index is -0.0118. The fraction of sp³-hybridized carbons (Fsp3) is 0.600. The number of aryl methyl sites for hydroxylation is 1. The van der Waals surface area contributed by atoms with Crippen LogP contribution in [0.5, 0.6) is 5.75 Å². The minimum absolute atomic E-state index is 0.0118. The molecule has 0 bridgehead atoms. The van der Waals surface area contributed by atoms with E-state index in [2.05, 4.69) is 45.9 Å². The van der Waals surface area contributed by atoms with E-state index in [0.29, 0.717) is 5.92 Å². The smallest absolute Gasteiger partial charge is 0.123 e. The van der Waals surface area contributed by atoms with E-state index < -0.39 is 0 Å². The summed E-state index contributed by atoms with van der Waals surface area (Å²) in [6.07, 6.45) is 3.65. The van der Waals surface area contributed by atoms with Gasteiger partial charge in [-0.25, -0.2) is 0 Å². The van der Waals surface area contributed by atoms with Crippen molar-refractivity contribution in [1.82, 2.24) is 0 Å². The highest BCUT2D eigenvalue weighted by Crippen LogP contribution is 2.43. The Balaban J connectivity index is 2.39. The zero-order valence-corrected chi connectivity index (χ0v) is 10.8.